The molecule has 0 spiro atoms. The van der Waals surface area contributed by atoms with Gasteiger partial charge in [0, 0.05) is 38.8 Å². The van der Waals surface area contributed by atoms with Gasteiger partial charge < -0.3 is 9.64 Å². The van der Waals surface area contributed by atoms with E-state index in [0.29, 0.717) is 13.2 Å². The molecule has 1 aliphatic rings. The fourth-order valence-corrected chi connectivity index (χ4v) is 2.80. The van der Waals surface area contributed by atoms with Crippen LogP contribution in [0.4, 0.5) is 0 Å². The minimum absolute atomic E-state index is 0.00768. The molecular formula is C15H21ClN2O2. The number of carbonyl (C=O) groups is 1. The van der Waals surface area contributed by atoms with Gasteiger partial charge in [0.25, 0.3) is 5.91 Å². The second-order valence-corrected chi connectivity index (χ2v) is 6.06. The molecule has 1 aromatic carbocycles. The van der Waals surface area contributed by atoms with Crippen LogP contribution in [-0.2, 0) is 16.1 Å². The van der Waals surface area contributed by atoms with Crippen molar-refractivity contribution in [2.45, 2.75) is 19.1 Å². The molecule has 1 atom stereocenters. The van der Waals surface area contributed by atoms with E-state index in [1.165, 1.54) is 0 Å². The summed E-state index contributed by atoms with van der Waals surface area (Å²) in [5.74, 6) is 0.00768. The van der Waals surface area contributed by atoms with Gasteiger partial charge in [-0.3, -0.25) is 9.69 Å². The summed E-state index contributed by atoms with van der Waals surface area (Å²) in [5, 5.41) is 0.739. The van der Waals surface area contributed by atoms with E-state index in [-0.39, 0.29) is 5.91 Å². The van der Waals surface area contributed by atoms with Crippen molar-refractivity contribution in [1.29, 1.82) is 0 Å². The molecule has 0 unspecified atom stereocenters. The standard InChI is InChI=1S/C15H21ClN2O2/c1-15(14(19)17(2)3)11-18(7-8-20-15)10-12-5-4-6-13(16)9-12/h4-6,9H,7-8,10-11H2,1-3H3/t15-/m0/s1. The molecule has 1 amide bonds. The number of hydrogen-bond donors (Lipinski definition) is 0. The summed E-state index contributed by atoms with van der Waals surface area (Å²) < 4.78 is 5.72. The number of halogens is 1. The van der Waals surface area contributed by atoms with Crippen molar-refractivity contribution in [3.63, 3.8) is 0 Å². The molecule has 1 saturated heterocycles. The van der Waals surface area contributed by atoms with Gasteiger partial charge in [0.1, 0.15) is 0 Å². The fraction of sp³-hybridized carbons (Fsp3) is 0.533. The molecule has 1 aromatic rings. The number of ether oxygens (including phenoxy) is 1. The van der Waals surface area contributed by atoms with Gasteiger partial charge in [-0.15, -0.1) is 0 Å². The zero-order chi connectivity index (χ0) is 14.8. The van der Waals surface area contributed by atoms with Gasteiger partial charge in [-0.1, -0.05) is 23.7 Å². The maximum atomic E-state index is 12.2. The summed E-state index contributed by atoms with van der Waals surface area (Å²) in [5.41, 5.74) is 0.388. The van der Waals surface area contributed by atoms with E-state index in [4.69, 9.17) is 16.3 Å². The quantitative estimate of drug-likeness (QED) is 0.855. The van der Waals surface area contributed by atoms with Crippen molar-refractivity contribution >= 4 is 17.5 Å². The summed E-state index contributed by atoms with van der Waals surface area (Å²) in [7, 11) is 3.51. The molecule has 5 heteroatoms. The molecule has 2 rings (SSSR count). The largest absolute Gasteiger partial charge is 0.363 e. The van der Waals surface area contributed by atoms with E-state index < -0.39 is 5.60 Å². The molecule has 0 N–H and O–H groups in total. The van der Waals surface area contributed by atoms with Crippen molar-refractivity contribution < 1.29 is 9.53 Å². The van der Waals surface area contributed by atoms with E-state index >= 15 is 0 Å². The molecule has 0 aliphatic carbocycles. The maximum absolute atomic E-state index is 12.2. The molecule has 0 aromatic heterocycles. The van der Waals surface area contributed by atoms with Crippen LogP contribution in [0.3, 0.4) is 0 Å². The van der Waals surface area contributed by atoms with Crippen molar-refractivity contribution in [2.24, 2.45) is 0 Å². The minimum atomic E-state index is -0.764. The molecule has 1 heterocycles. The van der Waals surface area contributed by atoms with E-state index in [9.17, 15) is 4.79 Å². The number of rotatable bonds is 3. The summed E-state index contributed by atoms with van der Waals surface area (Å²) in [4.78, 5) is 16.0. The molecule has 0 bridgehead atoms. The first kappa shape index (κ1) is 15.3. The predicted octanol–water partition coefficient (Wildman–Crippen LogP) is 2.02. The lowest BCUT2D eigenvalue weighted by Crippen LogP contribution is -2.57. The Labute approximate surface area is 125 Å². The zero-order valence-corrected chi connectivity index (χ0v) is 13.0. The molecular weight excluding hydrogens is 276 g/mol. The van der Waals surface area contributed by atoms with Crippen LogP contribution in [-0.4, -0.2) is 55.1 Å². The smallest absolute Gasteiger partial charge is 0.255 e. The van der Waals surface area contributed by atoms with Crippen LogP contribution < -0.4 is 0 Å². The second kappa shape index (κ2) is 6.12. The number of nitrogens with zero attached hydrogens (tertiary/aromatic N) is 2. The third-order valence-electron chi connectivity index (χ3n) is 3.51. The van der Waals surface area contributed by atoms with Crippen LogP contribution in [0.5, 0.6) is 0 Å². The van der Waals surface area contributed by atoms with Crippen LogP contribution >= 0.6 is 11.6 Å². The minimum Gasteiger partial charge on any atom is -0.363 e. The highest BCUT2D eigenvalue weighted by Gasteiger charge is 2.40. The first-order valence-corrected chi connectivity index (χ1v) is 7.11. The molecule has 110 valence electrons. The Bertz CT molecular complexity index is 493. The molecule has 0 radical (unpaired) electrons. The monoisotopic (exact) mass is 296 g/mol. The van der Waals surface area contributed by atoms with Gasteiger partial charge in [0.2, 0.25) is 0 Å². The molecule has 20 heavy (non-hydrogen) atoms. The van der Waals surface area contributed by atoms with Crippen LogP contribution in [0.15, 0.2) is 24.3 Å². The predicted molar refractivity (Wildman–Crippen MR) is 79.8 cm³/mol. The Balaban J connectivity index is 2.05. The number of amides is 1. The number of hydrogen-bond acceptors (Lipinski definition) is 3. The fourth-order valence-electron chi connectivity index (χ4n) is 2.58. The van der Waals surface area contributed by atoms with Gasteiger partial charge in [-0.25, -0.2) is 0 Å². The highest BCUT2D eigenvalue weighted by atomic mass is 35.5. The molecule has 1 aliphatic heterocycles. The number of morpholine rings is 1. The normalized spacial score (nSPS) is 23.6. The van der Waals surface area contributed by atoms with E-state index in [0.717, 1.165) is 23.7 Å². The van der Waals surface area contributed by atoms with Crippen molar-refractivity contribution in [2.75, 3.05) is 33.8 Å². The Morgan fingerprint density at radius 3 is 2.90 bits per heavy atom. The van der Waals surface area contributed by atoms with E-state index in [1.807, 2.05) is 31.2 Å². The highest BCUT2D eigenvalue weighted by molar-refractivity contribution is 6.30. The van der Waals surface area contributed by atoms with Crippen LogP contribution in [0.1, 0.15) is 12.5 Å². The van der Waals surface area contributed by atoms with Gasteiger partial charge in [-0.05, 0) is 24.6 Å². The second-order valence-electron chi connectivity index (χ2n) is 5.62. The number of benzene rings is 1. The Kier molecular flexibility index (Phi) is 4.68. The van der Waals surface area contributed by atoms with Crippen LogP contribution in [0, 0.1) is 0 Å². The lowest BCUT2D eigenvalue weighted by atomic mass is 10.0. The number of carbonyl (C=O) groups excluding carboxylic acids is 1. The lowest BCUT2D eigenvalue weighted by molar-refractivity contribution is -0.165. The summed E-state index contributed by atoms with van der Waals surface area (Å²) in [6.45, 7) is 4.62. The summed E-state index contributed by atoms with van der Waals surface area (Å²) >= 11 is 6.01. The number of likely N-dealkylation sites (N-methyl/N-ethyl adjacent to an activating group) is 1. The van der Waals surface area contributed by atoms with Gasteiger partial charge in [-0.2, -0.15) is 0 Å². The Morgan fingerprint density at radius 2 is 2.25 bits per heavy atom. The lowest BCUT2D eigenvalue weighted by Gasteiger charge is -2.40. The van der Waals surface area contributed by atoms with Gasteiger partial charge in [0.05, 0.1) is 6.61 Å². The average molecular weight is 297 g/mol. The first-order valence-electron chi connectivity index (χ1n) is 6.73. The first-order chi connectivity index (χ1) is 9.40. The highest BCUT2D eigenvalue weighted by Crippen LogP contribution is 2.22. The van der Waals surface area contributed by atoms with Gasteiger partial charge in [0.15, 0.2) is 5.60 Å². The maximum Gasteiger partial charge on any atom is 0.255 e. The summed E-state index contributed by atoms with van der Waals surface area (Å²) in [6, 6.07) is 7.82. The van der Waals surface area contributed by atoms with Crippen LogP contribution in [0.2, 0.25) is 5.02 Å². The molecule has 1 fully saturated rings. The SMILES string of the molecule is CN(C)C(=O)[C@]1(C)CN(Cc2cccc(Cl)c2)CCO1. The molecule has 0 saturated carbocycles. The third-order valence-corrected chi connectivity index (χ3v) is 3.74. The average Bonchev–Trinajstić information content (AvgIpc) is 2.37. The van der Waals surface area contributed by atoms with Crippen LogP contribution in [0.25, 0.3) is 0 Å². The Hall–Kier alpha value is -1.10. The molecule has 4 nitrogen and oxygen atoms in total. The summed E-state index contributed by atoms with van der Waals surface area (Å²) in [6.07, 6.45) is 0. The third kappa shape index (κ3) is 3.51. The van der Waals surface area contributed by atoms with Gasteiger partial charge >= 0.3 is 0 Å². The van der Waals surface area contributed by atoms with Crippen molar-refractivity contribution in [3.05, 3.63) is 34.9 Å². The van der Waals surface area contributed by atoms with Crippen molar-refractivity contribution in [1.82, 2.24) is 9.80 Å². The van der Waals surface area contributed by atoms with Crippen molar-refractivity contribution in [3.8, 4) is 0 Å². The zero-order valence-electron chi connectivity index (χ0n) is 12.2. The topological polar surface area (TPSA) is 32.8 Å². The van der Waals surface area contributed by atoms with E-state index in [1.54, 1.807) is 19.0 Å². The Morgan fingerprint density at radius 1 is 1.50 bits per heavy atom. The van der Waals surface area contributed by atoms with E-state index in [2.05, 4.69) is 4.90 Å².